The van der Waals surface area contributed by atoms with E-state index in [9.17, 15) is 17.6 Å². The highest BCUT2D eigenvalue weighted by molar-refractivity contribution is 5.84. The summed E-state index contributed by atoms with van der Waals surface area (Å²) in [4.78, 5) is 0. The molecule has 0 amide bonds. The van der Waals surface area contributed by atoms with Crippen molar-refractivity contribution in [1.29, 1.82) is 0 Å². The van der Waals surface area contributed by atoms with Crippen LogP contribution in [0.3, 0.4) is 0 Å². The maximum atomic E-state index is 14.6. The molecule has 0 aliphatic heterocycles. The van der Waals surface area contributed by atoms with Crippen LogP contribution in [-0.2, 0) is 6.42 Å². The third-order valence-electron chi connectivity index (χ3n) is 5.62. The molecule has 4 aromatic rings. The second kappa shape index (κ2) is 9.92. The zero-order valence-electron chi connectivity index (χ0n) is 18.2. The van der Waals surface area contributed by atoms with Gasteiger partial charge < -0.3 is 0 Å². The number of fused-ring (bicyclic) bond motifs is 1. The third kappa shape index (κ3) is 5.09. The zero-order valence-corrected chi connectivity index (χ0v) is 18.2. The maximum absolute atomic E-state index is 14.6. The first kappa shape index (κ1) is 22.6. The van der Waals surface area contributed by atoms with E-state index < -0.39 is 17.5 Å². The summed E-state index contributed by atoms with van der Waals surface area (Å²) in [5.74, 6) is 1.77. The minimum absolute atomic E-state index is 0.00205. The van der Waals surface area contributed by atoms with E-state index in [4.69, 9.17) is 0 Å². The Hall–Kier alpha value is -3.58. The van der Waals surface area contributed by atoms with Gasteiger partial charge in [-0.05, 0) is 65.8 Å². The molecule has 0 N–H and O–H groups in total. The molecule has 0 radical (unpaired) electrons. The summed E-state index contributed by atoms with van der Waals surface area (Å²) in [6.07, 6.45) is 4.20. The highest BCUT2D eigenvalue weighted by Crippen LogP contribution is 2.26. The number of hydrogen-bond acceptors (Lipinski definition) is 0. The van der Waals surface area contributed by atoms with Crippen LogP contribution in [0.15, 0.2) is 66.7 Å². The summed E-state index contributed by atoms with van der Waals surface area (Å²) >= 11 is 0. The maximum Gasteiger partial charge on any atom is 0.195 e. The van der Waals surface area contributed by atoms with Crippen LogP contribution in [0.2, 0.25) is 0 Å². The van der Waals surface area contributed by atoms with Crippen LogP contribution in [0.25, 0.3) is 21.9 Å². The van der Waals surface area contributed by atoms with Gasteiger partial charge in [0.1, 0.15) is 5.82 Å². The summed E-state index contributed by atoms with van der Waals surface area (Å²) < 4.78 is 55.4. The predicted molar refractivity (Wildman–Crippen MR) is 125 cm³/mol. The molecule has 166 valence electrons. The van der Waals surface area contributed by atoms with Crippen molar-refractivity contribution in [3.63, 3.8) is 0 Å². The molecule has 0 fully saturated rings. The molecule has 0 atom stereocenters. The van der Waals surface area contributed by atoms with Gasteiger partial charge in [0.25, 0.3) is 0 Å². The Bertz CT molecular complexity index is 1360. The van der Waals surface area contributed by atoms with Gasteiger partial charge in [-0.1, -0.05) is 61.9 Å². The molecule has 0 aromatic heterocycles. The fraction of sp³-hybridized carbons (Fsp3) is 0.172. The van der Waals surface area contributed by atoms with E-state index in [0.29, 0.717) is 16.7 Å². The smallest absolute Gasteiger partial charge is 0.195 e. The molecule has 0 bridgehead atoms. The van der Waals surface area contributed by atoms with E-state index in [2.05, 4.69) is 18.8 Å². The minimum atomic E-state index is -1.48. The molecular formula is C29H22F4. The molecule has 4 heteroatoms. The lowest BCUT2D eigenvalue weighted by molar-refractivity contribution is 0.453. The first-order chi connectivity index (χ1) is 16.0. The average Bonchev–Trinajstić information content (AvgIpc) is 2.82. The van der Waals surface area contributed by atoms with Crippen molar-refractivity contribution < 1.29 is 17.6 Å². The van der Waals surface area contributed by atoms with E-state index in [0.717, 1.165) is 42.9 Å². The molecule has 33 heavy (non-hydrogen) atoms. The topological polar surface area (TPSA) is 0 Å². The molecule has 0 aliphatic carbocycles. The molecule has 4 aromatic carbocycles. The van der Waals surface area contributed by atoms with Gasteiger partial charge in [0.15, 0.2) is 17.5 Å². The quantitative estimate of drug-likeness (QED) is 0.125. The molecule has 0 spiro atoms. The van der Waals surface area contributed by atoms with Gasteiger partial charge in [-0.2, -0.15) is 0 Å². The Morgan fingerprint density at radius 2 is 1.39 bits per heavy atom. The van der Waals surface area contributed by atoms with Gasteiger partial charge in [-0.25, -0.2) is 17.6 Å². The first-order valence-electron chi connectivity index (χ1n) is 10.9. The van der Waals surface area contributed by atoms with E-state index in [1.54, 1.807) is 24.3 Å². The van der Waals surface area contributed by atoms with Crippen molar-refractivity contribution in [2.24, 2.45) is 0 Å². The number of aryl methyl sites for hydroxylation is 1. The van der Waals surface area contributed by atoms with Gasteiger partial charge in [0.05, 0.1) is 0 Å². The van der Waals surface area contributed by atoms with E-state index in [1.807, 2.05) is 24.3 Å². The minimum Gasteiger partial charge on any atom is -0.206 e. The highest BCUT2D eigenvalue weighted by Gasteiger charge is 2.13. The van der Waals surface area contributed by atoms with Crippen LogP contribution in [0.4, 0.5) is 17.6 Å². The molecule has 4 rings (SSSR count). The van der Waals surface area contributed by atoms with Gasteiger partial charge in [0.2, 0.25) is 0 Å². The van der Waals surface area contributed by atoms with Crippen molar-refractivity contribution in [3.8, 4) is 23.0 Å². The number of benzene rings is 4. The van der Waals surface area contributed by atoms with Crippen molar-refractivity contribution in [3.05, 3.63) is 107 Å². The summed E-state index contributed by atoms with van der Waals surface area (Å²) in [6, 6.07) is 18.0. The van der Waals surface area contributed by atoms with Gasteiger partial charge in [-0.3, -0.25) is 0 Å². The molecule has 0 aliphatic rings. The number of rotatable bonds is 5. The van der Waals surface area contributed by atoms with E-state index >= 15 is 0 Å². The predicted octanol–water partition coefficient (Wildman–Crippen LogP) is 8.20. The van der Waals surface area contributed by atoms with Gasteiger partial charge in [0, 0.05) is 22.1 Å². The Labute approximate surface area is 190 Å². The van der Waals surface area contributed by atoms with Gasteiger partial charge >= 0.3 is 0 Å². The fourth-order valence-electron chi connectivity index (χ4n) is 3.79. The first-order valence-corrected chi connectivity index (χ1v) is 10.9. The summed E-state index contributed by atoms with van der Waals surface area (Å²) in [7, 11) is 0. The molecule has 0 nitrogen and oxygen atoms in total. The number of unbranched alkanes of at least 4 members (excludes halogenated alkanes) is 2. The molecule has 0 heterocycles. The molecule has 0 unspecified atom stereocenters. The van der Waals surface area contributed by atoms with Crippen LogP contribution in [0.5, 0.6) is 0 Å². The second-order valence-corrected chi connectivity index (χ2v) is 8.02. The standard InChI is InChI=1S/C29H22F4/c1-2-3-4-5-20-10-14-24(26(30)17-20)22-12-8-19(9-13-22)6-7-21-11-15-25-23(16-21)18-27(31)29(33)28(25)32/h8-18H,2-5H2,1H3. The number of hydrogen-bond donors (Lipinski definition) is 0. The summed E-state index contributed by atoms with van der Waals surface area (Å²) in [5, 5.41) is 0.240. The van der Waals surface area contributed by atoms with Crippen LogP contribution >= 0.6 is 0 Å². The van der Waals surface area contributed by atoms with E-state index in [-0.39, 0.29) is 16.6 Å². The lowest BCUT2D eigenvalue weighted by atomic mass is 9.99. The average molecular weight is 446 g/mol. The number of halogens is 4. The summed E-state index contributed by atoms with van der Waals surface area (Å²) in [5.41, 5.74) is 3.56. The zero-order chi connectivity index (χ0) is 23.4. The normalized spacial score (nSPS) is 10.8. The van der Waals surface area contributed by atoms with Crippen LogP contribution in [0.1, 0.15) is 42.9 Å². The Balaban J connectivity index is 1.53. The van der Waals surface area contributed by atoms with Crippen molar-refractivity contribution in [2.75, 3.05) is 0 Å². The summed E-state index contributed by atoms with van der Waals surface area (Å²) in [6.45, 7) is 2.14. The Kier molecular flexibility index (Phi) is 6.79. The highest BCUT2D eigenvalue weighted by atomic mass is 19.2. The lowest BCUT2D eigenvalue weighted by Crippen LogP contribution is -1.92. The van der Waals surface area contributed by atoms with E-state index in [1.165, 1.54) is 12.1 Å². The monoisotopic (exact) mass is 446 g/mol. The lowest BCUT2D eigenvalue weighted by Gasteiger charge is -2.07. The van der Waals surface area contributed by atoms with Gasteiger partial charge in [-0.15, -0.1) is 0 Å². The van der Waals surface area contributed by atoms with Crippen LogP contribution in [0, 0.1) is 35.1 Å². The fourth-order valence-corrected chi connectivity index (χ4v) is 3.79. The Morgan fingerprint density at radius 3 is 2.12 bits per heavy atom. The molecule has 0 saturated carbocycles. The van der Waals surface area contributed by atoms with Crippen molar-refractivity contribution >= 4 is 10.8 Å². The van der Waals surface area contributed by atoms with Crippen LogP contribution < -0.4 is 0 Å². The molecular weight excluding hydrogens is 424 g/mol. The molecule has 0 saturated heterocycles. The SMILES string of the molecule is CCCCCc1ccc(-c2ccc(C#Cc3ccc4c(F)c(F)c(F)cc4c3)cc2)c(F)c1. The van der Waals surface area contributed by atoms with Crippen molar-refractivity contribution in [2.45, 2.75) is 32.6 Å². The largest absolute Gasteiger partial charge is 0.206 e. The van der Waals surface area contributed by atoms with Crippen LogP contribution in [-0.4, -0.2) is 0 Å². The second-order valence-electron chi connectivity index (χ2n) is 8.02. The van der Waals surface area contributed by atoms with Crippen molar-refractivity contribution in [1.82, 2.24) is 0 Å². The third-order valence-corrected chi connectivity index (χ3v) is 5.62. The Morgan fingerprint density at radius 1 is 0.667 bits per heavy atom.